The Morgan fingerprint density at radius 3 is 2.67 bits per heavy atom. The van der Waals surface area contributed by atoms with Gasteiger partial charge in [-0.2, -0.15) is 0 Å². The number of benzene rings is 2. The molecule has 3 nitrogen and oxygen atoms in total. The Kier molecular flexibility index (Phi) is 5.36. The van der Waals surface area contributed by atoms with Gasteiger partial charge in [-0.3, -0.25) is 4.79 Å². The number of nitrogens with zero attached hydrogens (tertiary/aromatic N) is 1. The monoisotopic (exact) mass is 361 g/mol. The Labute approximate surface area is 151 Å². The lowest BCUT2D eigenvalue weighted by atomic mass is 10.0. The fourth-order valence-corrected chi connectivity index (χ4v) is 3.77. The summed E-state index contributed by atoms with van der Waals surface area (Å²) in [5.41, 5.74) is 1.72. The number of hydrogen-bond donors (Lipinski definition) is 0. The minimum Gasteiger partial charge on any atom is -0.497 e. The van der Waals surface area contributed by atoms with E-state index in [4.69, 9.17) is 16.3 Å². The smallest absolute Gasteiger partial charge is 0.255 e. The van der Waals surface area contributed by atoms with Gasteiger partial charge in [-0.25, -0.2) is 0 Å². The van der Waals surface area contributed by atoms with E-state index in [0.717, 1.165) is 35.6 Å². The Hall–Kier alpha value is -1.65. The summed E-state index contributed by atoms with van der Waals surface area (Å²) >= 11 is 7.90. The second kappa shape index (κ2) is 7.49. The molecule has 2 aromatic rings. The maximum absolute atomic E-state index is 13.1. The molecule has 0 spiro atoms. The third-order valence-corrected chi connectivity index (χ3v) is 5.47. The fourth-order valence-electron chi connectivity index (χ4n) is 3.13. The minimum absolute atomic E-state index is 0.00854. The number of rotatable bonds is 4. The molecular formula is C19H20ClNO2S. The van der Waals surface area contributed by atoms with E-state index in [-0.39, 0.29) is 11.9 Å². The Morgan fingerprint density at radius 1 is 1.25 bits per heavy atom. The first-order valence-corrected chi connectivity index (χ1v) is 9.52. The number of carbonyl (C=O) groups excluding carboxylic acids is 1. The van der Waals surface area contributed by atoms with Gasteiger partial charge in [-0.15, -0.1) is 11.8 Å². The molecule has 5 heteroatoms. The molecule has 1 saturated heterocycles. The lowest BCUT2D eigenvalue weighted by Gasteiger charge is -2.26. The van der Waals surface area contributed by atoms with E-state index in [1.54, 1.807) is 24.9 Å². The molecule has 0 aliphatic carbocycles. The molecule has 1 amide bonds. The van der Waals surface area contributed by atoms with Gasteiger partial charge in [0.05, 0.1) is 23.7 Å². The molecule has 1 fully saturated rings. The van der Waals surface area contributed by atoms with Crippen molar-refractivity contribution in [3.05, 3.63) is 58.6 Å². The van der Waals surface area contributed by atoms with Crippen LogP contribution in [0.3, 0.4) is 0 Å². The summed E-state index contributed by atoms with van der Waals surface area (Å²) in [6.45, 7) is 0.759. The van der Waals surface area contributed by atoms with E-state index in [2.05, 4.69) is 0 Å². The highest BCUT2D eigenvalue weighted by Crippen LogP contribution is 2.35. The van der Waals surface area contributed by atoms with Crippen molar-refractivity contribution in [1.82, 2.24) is 4.90 Å². The lowest BCUT2D eigenvalue weighted by Crippen LogP contribution is -2.30. The van der Waals surface area contributed by atoms with Crippen LogP contribution in [0.1, 0.15) is 34.8 Å². The van der Waals surface area contributed by atoms with E-state index < -0.39 is 0 Å². The molecule has 0 radical (unpaired) electrons. The van der Waals surface area contributed by atoms with Gasteiger partial charge in [-0.1, -0.05) is 23.7 Å². The summed E-state index contributed by atoms with van der Waals surface area (Å²) in [6, 6.07) is 13.7. The second-order valence-corrected chi connectivity index (χ2v) is 7.06. The molecule has 1 heterocycles. The zero-order valence-electron chi connectivity index (χ0n) is 13.8. The van der Waals surface area contributed by atoms with Crippen LogP contribution < -0.4 is 4.74 Å². The van der Waals surface area contributed by atoms with Crippen LogP contribution in [0.5, 0.6) is 5.75 Å². The SMILES string of the molecule is COc1ccc(C2CCCN2C(=O)c2cc(SC)ccc2Cl)cc1. The van der Waals surface area contributed by atoms with Crippen LogP contribution in [0.2, 0.25) is 5.02 Å². The lowest BCUT2D eigenvalue weighted by molar-refractivity contribution is 0.0735. The first-order valence-electron chi connectivity index (χ1n) is 7.92. The molecule has 24 heavy (non-hydrogen) atoms. The molecule has 1 aliphatic heterocycles. The van der Waals surface area contributed by atoms with Crippen molar-refractivity contribution in [1.29, 1.82) is 0 Å². The van der Waals surface area contributed by atoms with Gasteiger partial charge < -0.3 is 9.64 Å². The third kappa shape index (κ3) is 3.40. The molecule has 1 atom stereocenters. The topological polar surface area (TPSA) is 29.5 Å². The fraction of sp³-hybridized carbons (Fsp3) is 0.316. The van der Waals surface area contributed by atoms with Crippen LogP contribution in [0.15, 0.2) is 47.4 Å². The molecule has 3 rings (SSSR count). The Bertz CT molecular complexity index is 733. The number of amides is 1. The van der Waals surface area contributed by atoms with Crippen LogP contribution in [0.4, 0.5) is 0 Å². The molecule has 0 bridgehead atoms. The highest BCUT2D eigenvalue weighted by atomic mass is 35.5. The van der Waals surface area contributed by atoms with Gasteiger partial charge in [0.25, 0.3) is 5.91 Å². The van der Waals surface area contributed by atoms with E-state index in [1.807, 2.05) is 47.6 Å². The molecule has 1 unspecified atom stereocenters. The van der Waals surface area contributed by atoms with Crippen LogP contribution in [-0.2, 0) is 0 Å². The number of likely N-dealkylation sites (tertiary alicyclic amines) is 1. The van der Waals surface area contributed by atoms with E-state index in [1.165, 1.54) is 0 Å². The van der Waals surface area contributed by atoms with Crippen LogP contribution >= 0.6 is 23.4 Å². The average Bonchev–Trinajstić information content (AvgIpc) is 3.11. The van der Waals surface area contributed by atoms with Crippen molar-refractivity contribution >= 4 is 29.3 Å². The number of ether oxygens (including phenoxy) is 1. The van der Waals surface area contributed by atoms with Crippen molar-refractivity contribution in [3.8, 4) is 5.75 Å². The van der Waals surface area contributed by atoms with Crippen molar-refractivity contribution < 1.29 is 9.53 Å². The number of carbonyl (C=O) groups is 1. The normalized spacial score (nSPS) is 17.1. The van der Waals surface area contributed by atoms with Crippen molar-refractivity contribution in [3.63, 3.8) is 0 Å². The van der Waals surface area contributed by atoms with E-state index in [0.29, 0.717) is 10.6 Å². The summed E-state index contributed by atoms with van der Waals surface area (Å²) < 4.78 is 5.22. The maximum Gasteiger partial charge on any atom is 0.255 e. The van der Waals surface area contributed by atoms with E-state index in [9.17, 15) is 4.79 Å². The molecule has 0 saturated carbocycles. The molecule has 1 aliphatic rings. The van der Waals surface area contributed by atoms with Crippen LogP contribution in [-0.4, -0.2) is 30.7 Å². The van der Waals surface area contributed by atoms with Gasteiger partial charge in [0.15, 0.2) is 0 Å². The summed E-state index contributed by atoms with van der Waals surface area (Å²) in [5, 5.41) is 0.512. The number of methoxy groups -OCH3 is 1. The van der Waals surface area contributed by atoms with Gasteiger partial charge in [0.1, 0.15) is 5.75 Å². The largest absolute Gasteiger partial charge is 0.497 e. The van der Waals surface area contributed by atoms with Crippen molar-refractivity contribution in [2.45, 2.75) is 23.8 Å². The highest BCUT2D eigenvalue weighted by molar-refractivity contribution is 7.98. The summed E-state index contributed by atoms with van der Waals surface area (Å²) in [4.78, 5) is 16.0. The van der Waals surface area contributed by atoms with Crippen molar-refractivity contribution in [2.24, 2.45) is 0 Å². The van der Waals surface area contributed by atoms with Gasteiger partial charge in [0, 0.05) is 11.4 Å². The highest BCUT2D eigenvalue weighted by Gasteiger charge is 2.31. The molecule has 0 N–H and O–H groups in total. The minimum atomic E-state index is 0.00854. The second-order valence-electron chi connectivity index (χ2n) is 5.78. The van der Waals surface area contributed by atoms with Gasteiger partial charge >= 0.3 is 0 Å². The molecule has 2 aromatic carbocycles. The number of thioether (sulfide) groups is 1. The first-order chi connectivity index (χ1) is 11.6. The quantitative estimate of drug-likeness (QED) is 0.714. The number of hydrogen-bond acceptors (Lipinski definition) is 3. The predicted molar refractivity (Wildman–Crippen MR) is 99.2 cm³/mol. The Balaban J connectivity index is 1.88. The third-order valence-electron chi connectivity index (χ3n) is 4.42. The molecular weight excluding hydrogens is 342 g/mol. The van der Waals surface area contributed by atoms with Gasteiger partial charge in [0.2, 0.25) is 0 Å². The molecule has 0 aromatic heterocycles. The predicted octanol–water partition coefficient (Wildman–Crippen LogP) is 5.05. The van der Waals surface area contributed by atoms with Gasteiger partial charge in [-0.05, 0) is 55.0 Å². The summed E-state index contributed by atoms with van der Waals surface area (Å²) in [5.74, 6) is 0.833. The zero-order chi connectivity index (χ0) is 17.1. The summed E-state index contributed by atoms with van der Waals surface area (Å²) in [7, 11) is 1.65. The number of halogens is 1. The van der Waals surface area contributed by atoms with Crippen LogP contribution in [0.25, 0.3) is 0 Å². The summed E-state index contributed by atoms with van der Waals surface area (Å²) in [6.07, 6.45) is 3.97. The van der Waals surface area contributed by atoms with Crippen molar-refractivity contribution in [2.75, 3.05) is 19.9 Å². The Morgan fingerprint density at radius 2 is 2.00 bits per heavy atom. The average molecular weight is 362 g/mol. The van der Waals surface area contributed by atoms with E-state index >= 15 is 0 Å². The first kappa shape index (κ1) is 17.2. The van der Waals surface area contributed by atoms with Crippen LogP contribution in [0, 0.1) is 0 Å². The standard InChI is InChI=1S/C19H20ClNO2S/c1-23-14-7-5-13(6-8-14)18-4-3-11-21(18)19(22)16-12-15(24-2)9-10-17(16)20/h5-10,12,18H,3-4,11H2,1-2H3. The molecule has 126 valence electrons. The zero-order valence-corrected chi connectivity index (χ0v) is 15.4. The maximum atomic E-state index is 13.1.